The molecule has 5 nitrogen and oxygen atoms in total. The van der Waals surface area contributed by atoms with Gasteiger partial charge in [0.1, 0.15) is 5.92 Å². The van der Waals surface area contributed by atoms with E-state index in [2.05, 4.69) is 37.2 Å². The average molecular weight is 404 g/mol. The van der Waals surface area contributed by atoms with Crippen molar-refractivity contribution in [3.63, 3.8) is 0 Å². The summed E-state index contributed by atoms with van der Waals surface area (Å²) in [5.41, 5.74) is 0.396. The summed E-state index contributed by atoms with van der Waals surface area (Å²) in [7, 11) is 0. The predicted octanol–water partition coefficient (Wildman–Crippen LogP) is 3.07. The fourth-order valence-electron chi connectivity index (χ4n) is 2.09. The van der Waals surface area contributed by atoms with Gasteiger partial charge in [-0.15, -0.1) is 0 Å². The first kappa shape index (κ1) is 15.2. The van der Waals surface area contributed by atoms with E-state index in [9.17, 15) is 14.4 Å². The Labute approximate surface area is 133 Å². The first-order chi connectivity index (χ1) is 9.34. The summed E-state index contributed by atoms with van der Waals surface area (Å²) >= 11 is 6.64. The van der Waals surface area contributed by atoms with Gasteiger partial charge < -0.3 is 0 Å². The Kier molecular flexibility index (Phi) is 4.29. The first-order valence-electron chi connectivity index (χ1n) is 5.97. The number of anilines is 1. The van der Waals surface area contributed by atoms with Crippen LogP contribution in [-0.2, 0) is 9.59 Å². The zero-order valence-electron chi connectivity index (χ0n) is 10.8. The summed E-state index contributed by atoms with van der Waals surface area (Å²) in [6.07, 6.45) is 0. The molecule has 1 aromatic carbocycles. The number of benzene rings is 1. The molecule has 0 saturated carbocycles. The van der Waals surface area contributed by atoms with E-state index in [1.165, 1.54) is 0 Å². The topological polar surface area (TPSA) is 66.5 Å². The van der Waals surface area contributed by atoms with Crippen molar-refractivity contribution in [3.05, 3.63) is 27.1 Å². The molecule has 106 valence electrons. The molecule has 1 aromatic rings. The molecular formula is C13H12Br2N2O3. The first-order valence-corrected chi connectivity index (χ1v) is 7.56. The minimum atomic E-state index is -0.869. The fourth-order valence-corrected chi connectivity index (χ4v) is 3.45. The number of para-hydroxylation sites is 1. The van der Waals surface area contributed by atoms with Crippen molar-refractivity contribution in [1.82, 2.24) is 5.32 Å². The Balaban J connectivity index is 2.52. The van der Waals surface area contributed by atoms with Crippen LogP contribution in [0.15, 0.2) is 27.1 Å². The molecule has 1 unspecified atom stereocenters. The van der Waals surface area contributed by atoms with E-state index >= 15 is 0 Å². The number of barbiturate groups is 1. The Morgan fingerprint density at radius 3 is 2.20 bits per heavy atom. The van der Waals surface area contributed by atoms with Crippen molar-refractivity contribution in [3.8, 4) is 0 Å². The van der Waals surface area contributed by atoms with Crippen LogP contribution < -0.4 is 10.2 Å². The second-order valence-electron chi connectivity index (χ2n) is 4.76. The summed E-state index contributed by atoms with van der Waals surface area (Å²) in [6, 6.07) is 4.49. The van der Waals surface area contributed by atoms with Crippen LogP contribution >= 0.6 is 31.9 Å². The second-order valence-corrected chi connectivity index (χ2v) is 6.47. The predicted molar refractivity (Wildman–Crippen MR) is 81.2 cm³/mol. The van der Waals surface area contributed by atoms with Gasteiger partial charge in [0.05, 0.1) is 5.69 Å². The number of imide groups is 2. The highest BCUT2D eigenvalue weighted by Gasteiger charge is 2.43. The molecule has 0 bridgehead atoms. The highest BCUT2D eigenvalue weighted by molar-refractivity contribution is 9.11. The van der Waals surface area contributed by atoms with Gasteiger partial charge in [-0.3, -0.25) is 14.9 Å². The van der Waals surface area contributed by atoms with E-state index in [1.54, 1.807) is 32.0 Å². The maximum Gasteiger partial charge on any atom is 0.335 e. The summed E-state index contributed by atoms with van der Waals surface area (Å²) in [6.45, 7) is 3.54. The normalized spacial score (nSPS) is 19.6. The number of hydrogen-bond donors (Lipinski definition) is 1. The Hall–Kier alpha value is -1.21. The van der Waals surface area contributed by atoms with Gasteiger partial charge in [0.25, 0.3) is 0 Å². The molecule has 0 aromatic heterocycles. The zero-order chi connectivity index (χ0) is 15.0. The van der Waals surface area contributed by atoms with E-state index in [-0.39, 0.29) is 5.92 Å². The van der Waals surface area contributed by atoms with E-state index in [1.807, 2.05) is 0 Å². The largest absolute Gasteiger partial charge is 0.335 e. The Morgan fingerprint density at radius 1 is 1.15 bits per heavy atom. The molecule has 0 radical (unpaired) electrons. The third-order valence-electron chi connectivity index (χ3n) is 3.03. The van der Waals surface area contributed by atoms with Crippen molar-refractivity contribution in [1.29, 1.82) is 0 Å². The molecule has 1 N–H and O–H groups in total. The molecule has 2 rings (SSSR count). The van der Waals surface area contributed by atoms with E-state index in [0.29, 0.717) is 14.6 Å². The minimum absolute atomic E-state index is 0.195. The standard InChI is InChI=1S/C13H12Br2N2O3/c1-6(2)9-11(18)16-13(20)17(12(9)19)10-7(14)4-3-5-8(10)15/h3-6,9H,1-2H3,(H,16,18,20). The number of hydrogen-bond acceptors (Lipinski definition) is 3. The number of nitrogens with zero attached hydrogens (tertiary/aromatic N) is 1. The van der Waals surface area contributed by atoms with Crippen LogP contribution in [0.3, 0.4) is 0 Å². The summed E-state index contributed by atoms with van der Waals surface area (Å²) in [5, 5.41) is 2.23. The van der Waals surface area contributed by atoms with Crippen LogP contribution in [0.25, 0.3) is 0 Å². The van der Waals surface area contributed by atoms with Crippen molar-refractivity contribution in [2.75, 3.05) is 4.90 Å². The maximum absolute atomic E-state index is 12.5. The number of rotatable bonds is 2. The molecule has 1 aliphatic rings. The summed E-state index contributed by atoms with van der Waals surface area (Å²) < 4.78 is 1.18. The number of carbonyl (C=O) groups is 3. The Bertz CT molecular complexity index is 581. The number of nitrogens with one attached hydrogen (secondary N) is 1. The van der Waals surface area contributed by atoms with Crippen molar-refractivity contribution in [2.45, 2.75) is 13.8 Å². The highest BCUT2D eigenvalue weighted by atomic mass is 79.9. The van der Waals surface area contributed by atoms with Crippen LogP contribution in [0.5, 0.6) is 0 Å². The fraction of sp³-hybridized carbons (Fsp3) is 0.308. The molecule has 1 heterocycles. The number of halogens is 2. The van der Waals surface area contributed by atoms with Crippen molar-refractivity contribution >= 4 is 55.4 Å². The third-order valence-corrected chi connectivity index (χ3v) is 4.31. The van der Waals surface area contributed by atoms with Gasteiger partial charge in [-0.25, -0.2) is 9.69 Å². The monoisotopic (exact) mass is 402 g/mol. The van der Waals surface area contributed by atoms with E-state index < -0.39 is 23.8 Å². The molecule has 1 atom stereocenters. The minimum Gasteiger partial charge on any atom is -0.277 e. The molecule has 1 saturated heterocycles. The summed E-state index contributed by atoms with van der Waals surface area (Å²) in [4.78, 5) is 37.3. The van der Waals surface area contributed by atoms with Crippen LogP contribution in [0, 0.1) is 11.8 Å². The lowest BCUT2D eigenvalue weighted by atomic mass is 9.92. The molecule has 7 heteroatoms. The Morgan fingerprint density at radius 2 is 1.70 bits per heavy atom. The maximum atomic E-state index is 12.5. The lowest BCUT2D eigenvalue weighted by molar-refractivity contribution is -0.136. The average Bonchev–Trinajstić information content (AvgIpc) is 2.31. The van der Waals surface area contributed by atoms with Gasteiger partial charge in [0.15, 0.2) is 0 Å². The zero-order valence-corrected chi connectivity index (χ0v) is 14.0. The van der Waals surface area contributed by atoms with Crippen LogP contribution in [0.1, 0.15) is 13.8 Å². The van der Waals surface area contributed by atoms with Crippen LogP contribution in [-0.4, -0.2) is 17.8 Å². The van der Waals surface area contributed by atoms with E-state index in [0.717, 1.165) is 4.90 Å². The van der Waals surface area contributed by atoms with Crippen LogP contribution in [0.2, 0.25) is 0 Å². The summed E-state index contributed by atoms with van der Waals surface area (Å²) in [5.74, 6) is -2.12. The number of urea groups is 1. The lowest BCUT2D eigenvalue weighted by Gasteiger charge is -2.32. The second kappa shape index (κ2) is 5.65. The van der Waals surface area contributed by atoms with Crippen LogP contribution in [0.4, 0.5) is 10.5 Å². The quantitative estimate of drug-likeness (QED) is 0.771. The molecular weight excluding hydrogens is 392 g/mol. The highest BCUT2D eigenvalue weighted by Crippen LogP contribution is 2.36. The van der Waals surface area contributed by atoms with Crippen molar-refractivity contribution < 1.29 is 14.4 Å². The third kappa shape index (κ3) is 2.52. The number of carbonyl (C=O) groups excluding carboxylic acids is 3. The molecule has 4 amide bonds. The molecule has 20 heavy (non-hydrogen) atoms. The van der Waals surface area contributed by atoms with Gasteiger partial charge in [-0.2, -0.15) is 0 Å². The SMILES string of the molecule is CC(C)C1C(=O)NC(=O)N(c2c(Br)cccc2Br)C1=O. The van der Waals surface area contributed by atoms with Gasteiger partial charge >= 0.3 is 6.03 Å². The molecule has 1 aliphatic heterocycles. The van der Waals surface area contributed by atoms with Gasteiger partial charge in [0.2, 0.25) is 11.8 Å². The lowest BCUT2D eigenvalue weighted by Crippen LogP contribution is -2.59. The van der Waals surface area contributed by atoms with Gasteiger partial charge in [0, 0.05) is 8.95 Å². The molecule has 1 fully saturated rings. The smallest absolute Gasteiger partial charge is 0.277 e. The van der Waals surface area contributed by atoms with Crippen molar-refractivity contribution in [2.24, 2.45) is 11.8 Å². The molecule has 0 aliphatic carbocycles. The molecule has 0 spiro atoms. The van der Waals surface area contributed by atoms with Gasteiger partial charge in [-0.1, -0.05) is 19.9 Å². The number of amides is 4. The van der Waals surface area contributed by atoms with Gasteiger partial charge in [-0.05, 0) is 49.9 Å². The van der Waals surface area contributed by atoms with E-state index in [4.69, 9.17) is 0 Å².